The lowest BCUT2D eigenvalue weighted by molar-refractivity contribution is 0.689. The molecule has 2 aromatic carbocycles. The summed E-state index contributed by atoms with van der Waals surface area (Å²) in [5, 5.41) is 3.46. The monoisotopic (exact) mass is 367 g/mol. The first-order chi connectivity index (χ1) is 8.66. The minimum atomic E-state index is 0.863. The lowest BCUT2D eigenvalue weighted by atomic mass is 10.1. The van der Waals surface area contributed by atoms with Crippen LogP contribution in [-0.2, 0) is 13.1 Å². The first kappa shape index (κ1) is 13.8. The van der Waals surface area contributed by atoms with Crippen LogP contribution >= 0.6 is 31.9 Å². The molecule has 0 saturated carbocycles. The third-order valence-electron chi connectivity index (χ3n) is 2.80. The standard InChI is InChI=1S/C15H15Br2N/c1-11-6-7-13(15(17)8-11)10-18-9-12-4-2-3-5-14(12)16/h2-8,18H,9-10H2,1H3. The topological polar surface area (TPSA) is 12.0 Å². The maximum Gasteiger partial charge on any atom is 0.0222 e. The fourth-order valence-electron chi connectivity index (χ4n) is 1.77. The van der Waals surface area contributed by atoms with E-state index in [-0.39, 0.29) is 0 Å². The summed E-state index contributed by atoms with van der Waals surface area (Å²) < 4.78 is 2.32. The van der Waals surface area contributed by atoms with E-state index in [2.05, 4.69) is 80.5 Å². The van der Waals surface area contributed by atoms with E-state index in [1.807, 2.05) is 6.07 Å². The minimum Gasteiger partial charge on any atom is -0.309 e. The molecular formula is C15H15Br2N. The Kier molecular flexibility index (Phi) is 4.98. The number of hydrogen-bond acceptors (Lipinski definition) is 1. The van der Waals surface area contributed by atoms with Crippen molar-refractivity contribution in [3.8, 4) is 0 Å². The molecule has 1 N–H and O–H groups in total. The van der Waals surface area contributed by atoms with Crippen molar-refractivity contribution in [1.82, 2.24) is 5.32 Å². The predicted octanol–water partition coefficient (Wildman–Crippen LogP) is 4.81. The van der Waals surface area contributed by atoms with Crippen molar-refractivity contribution in [1.29, 1.82) is 0 Å². The van der Waals surface area contributed by atoms with Crippen LogP contribution in [-0.4, -0.2) is 0 Å². The quantitative estimate of drug-likeness (QED) is 0.816. The highest BCUT2D eigenvalue weighted by Gasteiger charge is 2.01. The van der Waals surface area contributed by atoms with E-state index < -0.39 is 0 Å². The predicted molar refractivity (Wildman–Crippen MR) is 83.6 cm³/mol. The molecule has 0 spiro atoms. The molecule has 0 amide bonds. The number of rotatable bonds is 4. The van der Waals surface area contributed by atoms with Gasteiger partial charge in [0.25, 0.3) is 0 Å². The Morgan fingerprint density at radius 3 is 2.22 bits per heavy atom. The molecule has 2 aromatic rings. The SMILES string of the molecule is Cc1ccc(CNCc2ccccc2Br)c(Br)c1. The summed E-state index contributed by atoms with van der Waals surface area (Å²) in [5.74, 6) is 0. The van der Waals surface area contributed by atoms with Crippen LogP contribution in [0.5, 0.6) is 0 Å². The molecule has 0 bridgehead atoms. The average Bonchev–Trinajstić information content (AvgIpc) is 2.34. The Labute approximate surface area is 125 Å². The molecule has 0 aliphatic rings. The fraction of sp³-hybridized carbons (Fsp3) is 0.200. The molecule has 0 aliphatic carbocycles. The zero-order valence-electron chi connectivity index (χ0n) is 10.2. The van der Waals surface area contributed by atoms with E-state index >= 15 is 0 Å². The summed E-state index contributed by atoms with van der Waals surface area (Å²) >= 11 is 7.16. The van der Waals surface area contributed by atoms with Gasteiger partial charge in [-0.2, -0.15) is 0 Å². The van der Waals surface area contributed by atoms with Gasteiger partial charge in [-0.3, -0.25) is 0 Å². The largest absolute Gasteiger partial charge is 0.309 e. The van der Waals surface area contributed by atoms with Crippen molar-refractivity contribution < 1.29 is 0 Å². The van der Waals surface area contributed by atoms with Gasteiger partial charge in [0, 0.05) is 22.0 Å². The summed E-state index contributed by atoms with van der Waals surface area (Å²) in [5.41, 5.74) is 3.84. The van der Waals surface area contributed by atoms with Crippen molar-refractivity contribution in [2.45, 2.75) is 20.0 Å². The van der Waals surface area contributed by atoms with Gasteiger partial charge in [-0.15, -0.1) is 0 Å². The molecule has 0 heterocycles. The molecule has 0 radical (unpaired) electrons. The van der Waals surface area contributed by atoms with Gasteiger partial charge in [0.1, 0.15) is 0 Å². The van der Waals surface area contributed by atoms with Gasteiger partial charge >= 0.3 is 0 Å². The molecule has 94 valence electrons. The zero-order chi connectivity index (χ0) is 13.0. The van der Waals surface area contributed by atoms with Gasteiger partial charge < -0.3 is 5.32 Å². The average molecular weight is 369 g/mol. The van der Waals surface area contributed by atoms with E-state index in [4.69, 9.17) is 0 Å². The smallest absolute Gasteiger partial charge is 0.0222 e. The van der Waals surface area contributed by atoms with Gasteiger partial charge in [0.2, 0.25) is 0 Å². The Bertz CT molecular complexity index is 538. The number of aryl methyl sites for hydroxylation is 1. The van der Waals surface area contributed by atoms with Gasteiger partial charge in [0.05, 0.1) is 0 Å². The molecule has 3 heteroatoms. The molecule has 0 aromatic heterocycles. The Morgan fingerprint density at radius 1 is 0.889 bits per heavy atom. The van der Waals surface area contributed by atoms with Crippen molar-refractivity contribution >= 4 is 31.9 Å². The number of hydrogen-bond donors (Lipinski definition) is 1. The lowest BCUT2D eigenvalue weighted by Crippen LogP contribution is -2.13. The van der Waals surface area contributed by atoms with Crippen LogP contribution in [0, 0.1) is 6.92 Å². The van der Waals surface area contributed by atoms with E-state index in [9.17, 15) is 0 Å². The van der Waals surface area contributed by atoms with Crippen molar-refractivity contribution in [3.05, 3.63) is 68.1 Å². The van der Waals surface area contributed by atoms with Crippen molar-refractivity contribution in [2.75, 3.05) is 0 Å². The normalized spacial score (nSPS) is 10.6. The first-order valence-electron chi connectivity index (χ1n) is 5.86. The number of halogens is 2. The van der Waals surface area contributed by atoms with Gasteiger partial charge in [-0.1, -0.05) is 62.2 Å². The molecule has 1 nitrogen and oxygen atoms in total. The van der Waals surface area contributed by atoms with Crippen LogP contribution < -0.4 is 5.32 Å². The molecular weight excluding hydrogens is 354 g/mol. The molecule has 0 fully saturated rings. The highest BCUT2D eigenvalue weighted by molar-refractivity contribution is 9.10. The summed E-state index contributed by atoms with van der Waals surface area (Å²) in [6, 6.07) is 14.7. The summed E-state index contributed by atoms with van der Waals surface area (Å²) in [7, 11) is 0. The number of benzene rings is 2. The third kappa shape index (κ3) is 3.67. The van der Waals surface area contributed by atoms with Crippen LogP contribution in [0.1, 0.15) is 16.7 Å². The lowest BCUT2D eigenvalue weighted by Gasteiger charge is -2.09. The maximum atomic E-state index is 3.60. The second-order valence-corrected chi connectivity index (χ2v) is 6.00. The number of nitrogens with one attached hydrogen (secondary N) is 1. The Hall–Kier alpha value is -0.640. The molecule has 0 aliphatic heterocycles. The minimum absolute atomic E-state index is 0.863. The molecule has 0 atom stereocenters. The Balaban J connectivity index is 1.95. The van der Waals surface area contributed by atoms with Gasteiger partial charge in [0.15, 0.2) is 0 Å². The fourth-order valence-corrected chi connectivity index (χ4v) is 2.83. The first-order valence-corrected chi connectivity index (χ1v) is 7.44. The highest BCUT2D eigenvalue weighted by Crippen LogP contribution is 2.19. The summed E-state index contributed by atoms with van der Waals surface area (Å²) in [6.07, 6.45) is 0. The van der Waals surface area contributed by atoms with E-state index in [1.165, 1.54) is 21.2 Å². The van der Waals surface area contributed by atoms with Gasteiger partial charge in [-0.25, -0.2) is 0 Å². The second kappa shape index (κ2) is 6.50. The van der Waals surface area contributed by atoms with Crippen LogP contribution in [0.15, 0.2) is 51.4 Å². The summed E-state index contributed by atoms with van der Waals surface area (Å²) in [4.78, 5) is 0. The zero-order valence-corrected chi connectivity index (χ0v) is 13.4. The summed E-state index contributed by atoms with van der Waals surface area (Å²) in [6.45, 7) is 3.83. The molecule has 2 rings (SSSR count). The Morgan fingerprint density at radius 2 is 1.56 bits per heavy atom. The van der Waals surface area contributed by atoms with Crippen LogP contribution in [0.25, 0.3) is 0 Å². The molecule has 18 heavy (non-hydrogen) atoms. The van der Waals surface area contributed by atoms with E-state index in [0.29, 0.717) is 0 Å². The molecule has 0 saturated heterocycles. The van der Waals surface area contributed by atoms with Gasteiger partial charge in [-0.05, 0) is 35.7 Å². The second-order valence-electron chi connectivity index (χ2n) is 4.29. The van der Waals surface area contributed by atoms with Crippen LogP contribution in [0.3, 0.4) is 0 Å². The highest BCUT2D eigenvalue weighted by atomic mass is 79.9. The van der Waals surface area contributed by atoms with Crippen molar-refractivity contribution in [3.63, 3.8) is 0 Å². The molecule has 0 unspecified atom stereocenters. The van der Waals surface area contributed by atoms with Crippen LogP contribution in [0.4, 0.5) is 0 Å². The van der Waals surface area contributed by atoms with Crippen molar-refractivity contribution in [2.24, 2.45) is 0 Å². The van der Waals surface area contributed by atoms with E-state index in [0.717, 1.165) is 17.6 Å². The van der Waals surface area contributed by atoms with Crippen LogP contribution in [0.2, 0.25) is 0 Å². The third-order valence-corrected chi connectivity index (χ3v) is 4.31. The van der Waals surface area contributed by atoms with E-state index in [1.54, 1.807) is 0 Å². The maximum absolute atomic E-state index is 3.60.